The molecule has 1 aromatic heterocycles. The third kappa shape index (κ3) is 4.23. The number of para-hydroxylation sites is 1. The molecule has 4 rings (SSSR count). The number of nitrogens with one attached hydrogen (secondary N) is 1. The van der Waals surface area contributed by atoms with Crippen molar-refractivity contribution < 1.29 is 9.84 Å². The molecule has 0 spiro atoms. The lowest BCUT2D eigenvalue weighted by atomic mass is 9.91. The van der Waals surface area contributed by atoms with Crippen LogP contribution in [-0.4, -0.2) is 22.4 Å². The van der Waals surface area contributed by atoms with Crippen molar-refractivity contribution in [1.29, 1.82) is 0 Å². The molecule has 0 aliphatic heterocycles. The van der Waals surface area contributed by atoms with Gasteiger partial charge in [0.15, 0.2) is 0 Å². The minimum Gasteiger partial charge on any atom is -0.431 e. The number of rotatable bonds is 6. The summed E-state index contributed by atoms with van der Waals surface area (Å²) >= 11 is 1.55. The van der Waals surface area contributed by atoms with Gasteiger partial charge in [0.1, 0.15) is 11.5 Å². The molecular formula is C21H24N2O2S. The van der Waals surface area contributed by atoms with Crippen molar-refractivity contribution in [2.24, 2.45) is 0 Å². The van der Waals surface area contributed by atoms with Crippen LogP contribution in [0.25, 0.3) is 10.2 Å². The van der Waals surface area contributed by atoms with Crippen LogP contribution in [0.4, 0.5) is 0 Å². The maximum absolute atomic E-state index is 10.5. The summed E-state index contributed by atoms with van der Waals surface area (Å²) in [7, 11) is 0. The third-order valence-corrected chi connectivity index (χ3v) is 5.87. The van der Waals surface area contributed by atoms with E-state index in [0.717, 1.165) is 54.6 Å². The summed E-state index contributed by atoms with van der Waals surface area (Å²) in [5, 5.41) is 14.5. The van der Waals surface area contributed by atoms with Gasteiger partial charge in [0, 0.05) is 6.54 Å². The van der Waals surface area contributed by atoms with Crippen molar-refractivity contribution in [1.82, 2.24) is 10.3 Å². The number of benzene rings is 2. The largest absolute Gasteiger partial charge is 0.431 e. The van der Waals surface area contributed by atoms with E-state index in [1.165, 1.54) is 12.0 Å². The van der Waals surface area contributed by atoms with Crippen molar-refractivity contribution in [2.45, 2.75) is 44.2 Å². The SMILES string of the molecule is OC1(NCCc2ccc(Oc3nc4ccccc4s3)cc2)CCCCC1. The van der Waals surface area contributed by atoms with Crippen LogP contribution < -0.4 is 10.1 Å². The lowest BCUT2D eigenvalue weighted by Crippen LogP contribution is -2.47. The molecule has 0 saturated heterocycles. The highest BCUT2D eigenvalue weighted by atomic mass is 32.1. The number of hydrogen-bond acceptors (Lipinski definition) is 5. The van der Waals surface area contributed by atoms with Gasteiger partial charge in [0.05, 0.1) is 10.2 Å². The first-order chi connectivity index (χ1) is 12.7. The zero-order valence-electron chi connectivity index (χ0n) is 14.8. The van der Waals surface area contributed by atoms with Gasteiger partial charge in [-0.2, -0.15) is 0 Å². The highest BCUT2D eigenvalue weighted by molar-refractivity contribution is 7.20. The lowest BCUT2D eigenvalue weighted by Gasteiger charge is -2.33. The van der Waals surface area contributed by atoms with Gasteiger partial charge >= 0.3 is 0 Å². The van der Waals surface area contributed by atoms with Crippen molar-refractivity contribution in [3.8, 4) is 10.9 Å². The van der Waals surface area contributed by atoms with Crippen molar-refractivity contribution in [3.05, 3.63) is 54.1 Å². The molecule has 3 aromatic rings. The van der Waals surface area contributed by atoms with E-state index in [1.54, 1.807) is 11.3 Å². The topological polar surface area (TPSA) is 54.4 Å². The molecule has 0 atom stereocenters. The molecule has 2 aromatic carbocycles. The van der Waals surface area contributed by atoms with E-state index >= 15 is 0 Å². The fourth-order valence-electron chi connectivity index (χ4n) is 3.47. The molecule has 0 unspecified atom stereocenters. The fourth-order valence-corrected chi connectivity index (χ4v) is 4.31. The number of nitrogens with zero attached hydrogens (tertiary/aromatic N) is 1. The molecule has 2 N–H and O–H groups in total. The van der Waals surface area contributed by atoms with Gasteiger partial charge in [0.2, 0.25) is 0 Å². The lowest BCUT2D eigenvalue weighted by molar-refractivity contribution is -0.0272. The number of fused-ring (bicyclic) bond motifs is 1. The predicted octanol–water partition coefficient (Wildman–Crippen LogP) is 4.87. The summed E-state index contributed by atoms with van der Waals surface area (Å²) in [6.45, 7) is 0.786. The first-order valence-corrected chi connectivity index (χ1v) is 10.1. The second-order valence-electron chi connectivity index (χ2n) is 6.96. The molecular weight excluding hydrogens is 344 g/mol. The molecule has 4 nitrogen and oxygen atoms in total. The standard InChI is InChI=1S/C21H24N2O2S/c24-21(13-4-1-5-14-21)22-15-12-16-8-10-17(11-9-16)25-20-23-18-6-2-3-7-19(18)26-20/h2-3,6-11,22,24H,1,4-5,12-15H2. The quantitative estimate of drug-likeness (QED) is 0.609. The van der Waals surface area contributed by atoms with E-state index in [9.17, 15) is 5.11 Å². The van der Waals surface area contributed by atoms with Crippen LogP contribution >= 0.6 is 11.3 Å². The Balaban J connectivity index is 1.31. The van der Waals surface area contributed by atoms with E-state index < -0.39 is 5.72 Å². The molecule has 5 heteroatoms. The van der Waals surface area contributed by atoms with Crippen LogP contribution in [0.3, 0.4) is 0 Å². The summed E-state index contributed by atoms with van der Waals surface area (Å²) in [4.78, 5) is 4.50. The van der Waals surface area contributed by atoms with Gasteiger partial charge in [-0.05, 0) is 61.9 Å². The number of hydrogen-bond donors (Lipinski definition) is 2. The van der Waals surface area contributed by atoms with Gasteiger partial charge in [-0.3, -0.25) is 5.32 Å². The van der Waals surface area contributed by atoms with Crippen molar-refractivity contribution in [3.63, 3.8) is 0 Å². The van der Waals surface area contributed by atoms with E-state index in [1.807, 2.05) is 30.3 Å². The summed E-state index contributed by atoms with van der Waals surface area (Å²) in [5.41, 5.74) is 1.54. The molecule has 1 heterocycles. The molecule has 136 valence electrons. The van der Waals surface area contributed by atoms with Crippen LogP contribution in [-0.2, 0) is 6.42 Å². The summed E-state index contributed by atoms with van der Waals surface area (Å²) < 4.78 is 7.02. The van der Waals surface area contributed by atoms with Crippen LogP contribution in [0.15, 0.2) is 48.5 Å². The van der Waals surface area contributed by atoms with Crippen LogP contribution in [0.1, 0.15) is 37.7 Å². The number of aromatic nitrogens is 1. The molecule has 1 aliphatic rings. The van der Waals surface area contributed by atoms with E-state index in [-0.39, 0.29) is 0 Å². The Morgan fingerprint density at radius 3 is 2.58 bits per heavy atom. The molecule has 0 amide bonds. The van der Waals surface area contributed by atoms with Crippen LogP contribution in [0.5, 0.6) is 10.9 Å². The maximum atomic E-state index is 10.5. The molecule has 0 radical (unpaired) electrons. The van der Waals surface area contributed by atoms with E-state index in [4.69, 9.17) is 4.74 Å². The minimum absolute atomic E-state index is 0.659. The zero-order valence-corrected chi connectivity index (χ0v) is 15.6. The van der Waals surface area contributed by atoms with Gasteiger partial charge in [0.25, 0.3) is 5.19 Å². The molecule has 1 aliphatic carbocycles. The smallest absolute Gasteiger partial charge is 0.279 e. The zero-order chi connectivity index (χ0) is 17.8. The number of thiazole rings is 1. The van der Waals surface area contributed by atoms with Crippen molar-refractivity contribution in [2.75, 3.05) is 6.54 Å². The average Bonchev–Trinajstić information content (AvgIpc) is 3.06. The first-order valence-electron chi connectivity index (χ1n) is 9.30. The Labute approximate surface area is 157 Å². The Bertz CT molecular complexity index is 821. The average molecular weight is 369 g/mol. The minimum atomic E-state index is -0.659. The fraction of sp³-hybridized carbons (Fsp3) is 0.381. The molecule has 1 fully saturated rings. The highest BCUT2D eigenvalue weighted by Gasteiger charge is 2.27. The number of ether oxygens (including phenoxy) is 1. The van der Waals surface area contributed by atoms with Crippen molar-refractivity contribution >= 4 is 21.6 Å². The Kier molecular flexibility index (Phi) is 5.20. The van der Waals surface area contributed by atoms with Gasteiger partial charge in [-0.1, -0.05) is 42.0 Å². The molecule has 1 saturated carbocycles. The Morgan fingerprint density at radius 2 is 1.81 bits per heavy atom. The monoisotopic (exact) mass is 368 g/mol. The highest BCUT2D eigenvalue weighted by Crippen LogP contribution is 2.31. The van der Waals surface area contributed by atoms with E-state index in [0.29, 0.717) is 5.19 Å². The normalized spacial score (nSPS) is 16.7. The maximum Gasteiger partial charge on any atom is 0.279 e. The van der Waals surface area contributed by atoms with Gasteiger partial charge < -0.3 is 9.84 Å². The second kappa shape index (κ2) is 7.74. The first kappa shape index (κ1) is 17.5. The molecule has 26 heavy (non-hydrogen) atoms. The second-order valence-corrected chi connectivity index (χ2v) is 7.96. The number of aliphatic hydroxyl groups is 1. The molecule has 0 bridgehead atoms. The summed E-state index contributed by atoms with van der Waals surface area (Å²) in [6, 6.07) is 16.2. The van der Waals surface area contributed by atoms with Gasteiger partial charge in [-0.25, -0.2) is 4.98 Å². The third-order valence-electron chi connectivity index (χ3n) is 4.95. The van der Waals surface area contributed by atoms with Crippen LogP contribution in [0.2, 0.25) is 0 Å². The Hall–Kier alpha value is -1.95. The Morgan fingerprint density at radius 1 is 1.04 bits per heavy atom. The summed E-state index contributed by atoms with van der Waals surface area (Å²) in [6.07, 6.45) is 6.08. The van der Waals surface area contributed by atoms with Crippen LogP contribution in [0, 0.1) is 0 Å². The van der Waals surface area contributed by atoms with E-state index in [2.05, 4.69) is 28.5 Å². The predicted molar refractivity (Wildman–Crippen MR) is 106 cm³/mol. The van der Waals surface area contributed by atoms with Gasteiger partial charge in [-0.15, -0.1) is 0 Å². The summed E-state index contributed by atoms with van der Waals surface area (Å²) in [5.74, 6) is 0.798.